The number of benzene rings is 2. The Hall–Kier alpha value is -2.95. The number of hydrogen-bond acceptors (Lipinski definition) is 3. The highest BCUT2D eigenvalue weighted by Crippen LogP contribution is 2.28. The standard InChI is InChI=1S/C20H22N2O3/c1-22(11-10-15-13-21-17-7-5-4-6-16(15)17)20(23)14-8-9-18(24-2)19(12-14)25-3/h4-9,12-13,21H,10-11H2,1-3H3. The van der Waals surface area contributed by atoms with Gasteiger partial charge in [-0.05, 0) is 36.2 Å². The molecule has 130 valence electrons. The Labute approximate surface area is 147 Å². The van der Waals surface area contributed by atoms with Crippen LogP contribution in [-0.4, -0.2) is 43.6 Å². The number of carbonyl (C=O) groups is 1. The molecule has 0 radical (unpaired) electrons. The predicted molar refractivity (Wildman–Crippen MR) is 98.5 cm³/mol. The minimum Gasteiger partial charge on any atom is -0.493 e. The Kier molecular flexibility index (Phi) is 4.93. The summed E-state index contributed by atoms with van der Waals surface area (Å²) in [5.74, 6) is 1.12. The fraction of sp³-hybridized carbons (Fsp3) is 0.250. The quantitative estimate of drug-likeness (QED) is 0.748. The summed E-state index contributed by atoms with van der Waals surface area (Å²) in [5, 5.41) is 1.20. The normalized spacial score (nSPS) is 10.7. The van der Waals surface area contributed by atoms with Gasteiger partial charge < -0.3 is 19.4 Å². The lowest BCUT2D eigenvalue weighted by Gasteiger charge is -2.18. The molecule has 5 nitrogen and oxygen atoms in total. The molecule has 0 aliphatic rings. The minimum atomic E-state index is -0.0409. The number of nitrogens with zero attached hydrogens (tertiary/aromatic N) is 1. The Bertz CT molecular complexity index is 886. The molecule has 0 unspecified atom stereocenters. The maximum atomic E-state index is 12.7. The van der Waals surface area contributed by atoms with Gasteiger partial charge in [0.25, 0.3) is 5.91 Å². The fourth-order valence-electron chi connectivity index (χ4n) is 2.92. The van der Waals surface area contributed by atoms with Gasteiger partial charge in [-0.3, -0.25) is 4.79 Å². The van der Waals surface area contributed by atoms with E-state index in [4.69, 9.17) is 9.47 Å². The van der Waals surface area contributed by atoms with E-state index in [1.54, 1.807) is 37.3 Å². The molecule has 3 aromatic rings. The first-order valence-corrected chi connectivity index (χ1v) is 8.16. The van der Waals surface area contributed by atoms with E-state index in [1.165, 1.54) is 10.9 Å². The average molecular weight is 338 g/mol. The highest BCUT2D eigenvalue weighted by atomic mass is 16.5. The summed E-state index contributed by atoms with van der Waals surface area (Å²) in [6, 6.07) is 13.4. The molecule has 0 atom stereocenters. The molecule has 25 heavy (non-hydrogen) atoms. The molecule has 2 aromatic carbocycles. The van der Waals surface area contributed by atoms with Gasteiger partial charge in [-0.1, -0.05) is 18.2 Å². The molecular weight excluding hydrogens is 316 g/mol. The highest BCUT2D eigenvalue weighted by Gasteiger charge is 2.15. The summed E-state index contributed by atoms with van der Waals surface area (Å²) in [5.41, 5.74) is 2.91. The maximum absolute atomic E-state index is 12.7. The van der Waals surface area contributed by atoms with Crippen molar-refractivity contribution in [3.8, 4) is 11.5 Å². The zero-order chi connectivity index (χ0) is 17.8. The van der Waals surface area contributed by atoms with Gasteiger partial charge >= 0.3 is 0 Å². The van der Waals surface area contributed by atoms with Crippen LogP contribution in [0.3, 0.4) is 0 Å². The summed E-state index contributed by atoms with van der Waals surface area (Å²) in [7, 11) is 4.95. The zero-order valence-corrected chi connectivity index (χ0v) is 14.7. The second-order valence-corrected chi connectivity index (χ2v) is 5.91. The Morgan fingerprint density at radius 2 is 1.84 bits per heavy atom. The molecule has 0 aliphatic carbocycles. The third kappa shape index (κ3) is 3.45. The van der Waals surface area contributed by atoms with E-state index in [9.17, 15) is 4.79 Å². The van der Waals surface area contributed by atoms with E-state index >= 15 is 0 Å². The van der Waals surface area contributed by atoms with Crippen LogP contribution in [0.2, 0.25) is 0 Å². The van der Waals surface area contributed by atoms with E-state index in [1.807, 2.05) is 25.4 Å². The first kappa shape index (κ1) is 16.9. The number of aromatic nitrogens is 1. The van der Waals surface area contributed by atoms with Crippen LogP contribution in [0.1, 0.15) is 15.9 Å². The van der Waals surface area contributed by atoms with Crippen LogP contribution in [0.5, 0.6) is 11.5 Å². The van der Waals surface area contributed by atoms with Crippen molar-refractivity contribution in [3.63, 3.8) is 0 Å². The van der Waals surface area contributed by atoms with Gasteiger partial charge in [-0.15, -0.1) is 0 Å². The lowest BCUT2D eigenvalue weighted by atomic mass is 10.1. The lowest BCUT2D eigenvalue weighted by molar-refractivity contribution is 0.0796. The Balaban J connectivity index is 1.70. The first-order chi connectivity index (χ1) is 12.1. The number of nitrogens with one attached hydrogen (secondary N) is 1. The van der Waals surface area contributed by atoms with Crippen LogP contribution in [0.15, 0.2) is 48.7 Å². The predicted octanol–water partition coefficient (Wildman–Crippen LogP) is 3.50. The van der Waals surface area contributed by atoms with Crippen molar-refractivity contribution in [3.05, 3.63) is 59.8 Å². The second-order valence-electron chi connectivity index (χ2n) is 5.91. The summed E-state index contributed by atoms with van der Waals surface area (Å²) in [4.78, 5) is 17.6. The van der Waals surface area contributed by atoms with Crippen LogP contribution in [0.25, 0.3) is 10.9 Å². The number of hydrogen-bond donors (Lipinski definition) is 1. The SMILES string of the molecule is COc1ccc(C(=O)N(C)CCc2c[nH]c3ccccc23)cc1OC. The molecule has 0 saturated heterocycles. The van der Waals surface area contributed by atoms with Gasteiger partial charge in [0.15, 0.2) is 11.5 Å². The van der Waals surface area contributed by atoms with Crippen LogP contribution >= 0.6 is 0 Å². The number of carbonyl (C=O) groups excluding carboxylic acids is 1. The monoisotopic (exact) mass is 338 g/mol. The molecule has 3 rings (SSSR count). The number of ether oxygens (including phenoxy) is 2. The third-order valence-electron chi connectivity index (χ3n) is 4.37. The van der Waals surface area contributed by atoms with Gasteiger partial charge in [0.2, 0.25) is 0 Å². The van der Waals surface area contributed by atoms with Crippen molar-refractivity contribution < 1.29 is 14.3 Å². The topological polar surface area (TPSA) is 54.6 Å². The Morgan fingerprint density at radius 3 is 2.60 bits per heavy atom. The molecule has 1 amide bonds. The number of fused-ring (bicyclic) bond motifs is 1. The van der Waals surface area contributed by atoms with Crippen LogP contribution < -0.4 is 9.47 Å². The number of rotatable bonds is 6. The molecule has 0 bridgehead atoms. The zero-order valence-electron chi connectivity index (χ0n) is 14.7. The number of H-pyrrole nitrogens is 1. The number of methoxy groups -OCH3 is 2. The number of amides is 1. The molecule has 0 fully saturated rings. The van der Waals surface area contributed by atoms with Crippen molar-refractivity contribution in [2.75, 3.05) is 27.8 Å². The first-order valence-electron chi connectivity index (χ1n) is 8.16. The second kappa shape index (κ2) is 7.30. The van der Waals surface area contributed by atoms with Gasteiger partial charge in [0, 0.05) is 36.3 Å². The molecule has 0 aliphatic heterocycles. The largest absolute Gasteiger partial charge is 0.493 e. The molecule has 1 N–H and O–H groups in total. The van der Waals surface area contributed by atoms with Crippen LogP contribution in [-0.2, 0) is 6.42 Å². The van der Waals surface area contributed by atoms with Crippen molar-refractivity contribution >= 4 is 16.8 Å². The number of para-hydroxylation sites is 1. The highest BCUT2D eigenvalue weighted by molar-refractivity contribution is 5.94. The van der Waals surface area contributed by atoms with Crippen LogP contribution in [0, 0.1) is 0 Å². The minimum absolute atomic E-state index is 0.0409. The molecule has 0 saturated carbocycles. The smallest absolute Gasteiger partial charge is 0.253 e. The molecule has 1 aromatic heterocycles. The van der Waals surface area contributed by atoms with Crippen LogP contribution in [0.4, 0.5) is 0 Å². The van der Waals surface area contributed by atoms with E-state index in [2.05, 4.69) is 17.1 Å². The lowest BCUT2D eigenvalue weighted by Crippen LogP contribution is -2.28. The van der Waals surface area contributed by atoms with Crippen molar-refractivity contribution in [1.82, 2.24) is 9.88 Å². The molecular formula is C20H22N2O3. The summed E-state index contributed by atoms with van der Waals surface area (Å²) >= 11 is 0. The van der Waals surface area contributed by atoms with E-state index < -0.39 is 0 Å². The third-order valence-corrected chi connectivity index (χ3v) is 4.37. The van der Waals surface area contributed by atoms with Gasteiger partial charge in [0.1, 0.15) is 0 Å². The maximum Gasteiger partial charge on any atom is 0.253 e. The molecule has 5 heteroatoms. The number of likely N-dealkylation sites (N-methyl/N-ethyl adjacent to an activating group) is 1. The van der Waals surface area contributed by atoms with E-state index in [0.717, 1.165) is 11.9 Å². The fourth-order valence-corrected chi connectivity index (χ4v) is 2.92. The average Bonchev–Trinajstić information content (AvgIpc) is 3.08. The van der Waals surface area contributed by atoms with Crippen molar-refractivity contribution in [1.29, 1.82) is 0 Å². The molecule has 0 spiro atoms. The summed E-state index contributed by atoms with van der Waals surface area (Å²) in [6.07, 6.45) is 2.80. The Morgan fingerprint density at radius 1 is 1.08 bits per heavy atom. The van der Waals surface area contributed by atoms with Crippen molar-refractivity contribution in [2.45, 2.75) is 6.42 Å². The van der Waals surface area contributed by atoms with Crippen molar-refractivity contribution in [2.24, 2.45) is 0 Å². The van der Waals surface area contributed by atoms with E-state index in [0.29, 0.717) is 23.6 Å². The summed E-state index contributed by atoms with van der Waals surface area (Å²) < 4.78 is 10.5. The number of aromatic amines is 1. The van der Waals surface area contributed by atoms with Gasteiger partial charge in [-0.2, -0.15) is 0 Å². The van der Waals surface area contributed by atoms with Gasteiger partial charge in [-0.25, -0.2) is 0 Å². The van der Waals surface area contributed by atoms with E-state index in [-0.39, 0.29) is 5.91 Å². The summed E-state index contributed by atoms with van der Waals surface area (Å²) in [6.45, 7) is 0.634. The van der Waals surface area contributed by atoms with Gasteiger partial charge in [0.05, 0.1) is 14.2 Å². The molecule has 1 heterocycles.